The highest BCUT2D eigenvalue weighted by Crippen LogP contribution is 2.35. The largest absolute Gasteiger partial charge is 0.504 e. The third-order valence-corrected chi connectivity index (χ3v) is 3.21. The topological polar surface area (TPSA) is 55.8 Å². The molecule has 4 nitrogen and oxygen atoms in total. The molecule has 0 aliphatic heterocycles. The van der Waals surface area contributed by atoms with Crippen molar-refractivity contribution in [2.75, 3.05) is 14.2 Å². The maximum atomic E-state index is 11.5. The number of rotatable bonds is 3. The smallest absolute Gasteiger partial charge is 0.337 e. The summed E-state index contributed by atoms with van der Waals surface area (Å²) in [6, 6.07) is 9.73. The second-order valence-corrected chi connectivity index (χ2v) is 4.48. The molecule has 0 saturated heterocycles. The average Bonchev–Trinajstić information content (AvgIpc) is 2.46. The van der Waals surface area contributed by atoms with Crippen LogP contribution in [0, 0.1) is 0 Å². The first-order chi connectivity index (χ1) is 9.56. The van der Waals surface area contributed by atoms with Crippen molar-refractivity contribution < 1.29 is 19.4 Å². The normalized spacial score (nSPS) is 10.2. The number of carbonyl (C=O) groups excluding carboxylic acids is 1. The molecule has 0 aromatic heterocycles. The van der Waals surface area contributed by atoms with E-state index in [9.17, 15) is 9.90 Å². The summed E-state index contributed by atoms with van der Waals surface area (Å²) in [5.74, 6) is -0.0702. The second-order valence-electron chi connectivity index (χ2n) is 4.07. The van der Waals surface area contributed by atoms with Gasteiger partial charge in [-0.1, -0.05) is 17.7 Å². The summed E-state index contributed by atoms with van der Waals surface area (Å²) in [7, 11) is 2.79. The lowest BCUT2D eigenvalue weighted by molar-refractivity contribution is 0.0601. The highest BCUT2D eigenvalue weighted by Gasteiger charge is 2.12. The van der Waals surface area contributed by atoms with E-state index < -0.39 is 5.97 Å². The zero-order valence-electron chi connectivity index (χ0n) is 11.0. The summed E-state index contributed by atoms with van der Waals surface area (Å²) >= 11 is 6.14. The quantitative estimate of drug-likeness (QED) is 0.880. The Morgan fingerprint density at radius 1 is 1.15 bits per heavy atom. The molecule has 20 heavy (non-hydrogen) atoms. The van der Waals surface area contributed by atoms with Crippen LogP contribution in [0.25, 0.3) is 11.1 Å². The molecule has 0 amide bonds. The van der Waals surface area contributed by atoms with Crippen molar-refractivity contribution >= 4 is 17.6 Å². The number of hydrogen-bond acceptors (Lipinski definition) is 4. The second kappa shape index (κ2) is 5.84. The predicted molar refractivity (Wildman–Crippen MR) is 76.4 cm³/mol. The summed E-state index contributed by atoms with van der Waals surface area (Å²) in [5.41, 5.74) is 1.70. The summed E-state index contributed by atoms with van der Waals surface area (Å²) in [6.45, 7) is 0. The number of halogens is 1. The lowest BCUT2D eigenvalue weighted by Crippen LogP contribution is -2.01. The van der Waals surface area contributed by atoms with Gasteiger partial charge in [-0.3, -0.25) is 0 Å². The Labute approximate surface area is 121 Å². The van der Waals surface area contributed by atoms with Crippen LogP contribution in [0.4, 0.5) is 0 Å². The monoisotopic (exact) mass is 292 g/mol. The van der Waals surface area contributed by atoms with Crippen molar-refractivity contribution in [2.24, 2.45) is 0 Å². The summed E-state index contributed by atoms with van der Waals surface area (Å²) < 4.78 is 9.66. The Kier molecular flexibility index (Phi) is 4.15. The molecule has 0 aliphatic rings. The van der Waals surface area contributed by atoms with Crippen molar-refractivity contribution in [3.05, 3.63) is 47.0 Å². The minimum atomic E-state index is -0.444. The van der Waals surface area contributed by atoms with Gasteiger partial charge in [-0.2, -0.15) is 0 Å². The van der Waals surface area contributed by atoms with Gasteiger partial charge in [0.15, 0.2) is 11.5 Å². The lowest BCUT2D eigenvalue weighted by atomic mass is 10.0. The Balaban J connectivity index is 2.51. The number of phenols is 1. The molecule has 1 N–H and O–H groups in total. The lowest BCUT2D eigenvalue weighted by Gasteiger charge is -2.09. The first-order valence-electron chi connectivity index (χ1n) is 5.82. The van der Waals surface area contributed by atoms with Crippen molar-refractivity contribution in [3.8, 4) is 22.6 Å². The molecule has 0 heterocycles. The fourth-order valence-corrected chi connectivity index (χ4v) is 2.08. The first kappa shape index (κ1) is 14.2. The molecule has 0 radical (unpaired) electrons. The van der Waals surface area contributed by atoms with Crippen LogP contribution in [0.5, 0.6) is 11.5 Å². The first-order valence-corrected chi connectivity index (χ1v) is 6.20. The van der Waals surface area contributed by atoms with Gasteiger partial charge < -0.3 is 14.6 Å². The van der Waals surface area contributed by atoms with Gasteiger partial charge in [0, 0.05) is 10.6 Å². The van der Waals surface area contributed by atoms with E-state index in [1.165, 1.54) is 20.3 Å². The van der Waals surface area contributed by atoms with Crippen molar-refractivity contribution in [1.29, 1.82) is 0 Å². The molecule has 2 aromatic rings. The summed E-state index contributed by atoms with van der Waals surface area (Å²) in [5, 5.41) is 10.3. The van der Waals surface area contributed by atoms with Gasteiger partial charge in [-0.15, -0.1) is 0 Å². The minimum Gasteiger partial charge on any atom is -0.504 e. The Bertz CT molecular complexity index is 652. The maximum Gasteiger partial charge on any atom is 0.337 e. The van der Waals surface area contributed by atoms with Gasteiger partial charge in [0.1, 0.15) is 0 Å². The van der Waals surface area contributed by atoms with E-state index in [2.05, 4.69) is 4.74 Å². The van der Waals surface area contributed by atoms with E-state index in [1.54, 1.807) is 30.3 Å². The molecular weight excluding hydrogens is 280 g/mol. The van der Waals surface area contributed by atoms with Crippen LogP contribution >= 0.6 is 11.6 Å². The van der Waals surface area contributed by atoms with E-state index in [0.29, 0.717) is 27.5 Å². The molecule has 0 saturated carbocycles. The SMILES string of the molecule is COC(=O)c1ccc(Cl)c(-c2ccc(OC)c(O)c2)c1. The number of benzene rings is 2. The van der Waals surface area contributed by atoms with Crippen LogP contribution in [0.15, 0.2) is 36.4 Å². The molecule has 0 aliphatic carbocycles. The van der Waals surface area contributed by atoms with E-state index in [1.807, 2.05) is 0 Å². The van der Waals surface area contributed by atoms with Crippen molar-refractivity contribution in [1.82, 2.24) is 0 Å². The van der Waals surface area contributed by atoms with Crippen molar-refractivity contribution in [2.45, 2.75) is 0 Å². The molecule has 5 heteroatoms. The predicted octanol–water partition coefficient (Wildman–Crippen LogP) is 3.51. The van der Waals surface area contributed by atoms with Crippen LogP contribution in [0.1, 0.15) is 10.4 Å². The summed E-state index contributed by atoms with van der Waals surface area (Å²) in [4.78, 5) is 11.5. The third kappa shape index (κ3) is 2.70. The van der Waals surface area contributed by atoms with Gasteiger partial charge in [0.05, 0.1) is 19.8 Å². The summed E-state index contributed by atoms with van der Waals surface area (Å²) in [6.07, 6.45) is 0. The molecule has 104 valence electrons. The Morgan fingerprint density at radius 3 is 2.50 bits per heavy atom. The third-order valence-electron chi connectivity index (χ3n) is 2.88. The van der Waals surface area contributed by atoms with Gasteiger partial charge in [-0.25, -0.2) is 4.79 Å². The highest BCUT2D eigenvalue weighted by molar-refractivity contribution is 6.33. The van der Waals surface area contributed by atoms with Gasteiger partial charge in [-0.05, 0) is 35.9 Å². The van der Waals surface area contributed by atoms with Crippen LogP contribution in [0.2, 0.25) is 5.02 Å². The number of phenolic OH excluding ortho intramolecular Hbond substituents is 1. The Morgan fingerprint density at radius 2 is 1.90 bits per heavy atom. The van der Waals surface area contributed by atoms with Gasteiger partial charge in [0.2, 0.25) is 0 Å². The van der Waals surface area contributed by atoms with Crippen LogP contribution in [-0.4, -0.2) is 25.3 Å². The molecule has 2 aromatic carbocycles. The minimum absolute atomic E-state index is 0.00420. The standard InChI is InChI=1S/C15H13ClO4/c1-19-14-6-4-9(8-13(14)17)11-7-10(15(18)20-2)3-5-12(11)16/h3-8,17H,1-2H3. The van der Waals surface area contributed by atoms with Crippen LogP contribution < -0.4 is 4.74 Å². The van der Waals surface area contributed by atoms with E-state index >= 15 is 0 Å². The number of aromatic hydroxyl groups is 1. The average molecular weight is 293 g/mol. The van der Waals surface area contributed by atoms with Gasteiger partial charge >= 0.3 is 5.97 Å². The maximum absolute atomic E-state index is 11.5. The van der Waals surface area contributed by atoms with E-state index in [0.717, 1.165) is 0 Å². The zero-order chi connectivity index (χ0) is 14.7. The molecule has 0 spiro atoms. The zero-order valence-corrected chi connectivity index (χ0v) is 11.8. The molecule has 0 fully saturated rings. The number of hydrogen-bond donors (Lipinski definition) is 1. The highest BCUT2D eigenvalue weighted by atomic mass is 35.5. The number of esters is 1. The van der Waals surface area contributed by atoms with E-state index in [-0.39, 0.29) is 5.75 Å². The Hall–Kier alpha value is -2.20. The molecule has 0 bridgehead atoms. The molecule has 2 rings (SSSR count). The number of carbonyl (C=O) groups is 1. The fraction of sp³-hybridized carbons (Fsp3) is 0.133. The fourth-order valence-electron chi connectivity index (χ4n) is 1.85. The van der Waals surface area contributed by atoms with Gasteiger partial charge in [0.25, 0.3) is 0 Å². The molecular formula is C15H13ClO4. The number of methoxy groups -OCH3 is 2. The molecule has 0 atom stereocenters. The molecule has 0 unspecified atom stereocenters. The van der Waals surface area contributed by atoms with E-state index in [4.69, 9.17) is 16.3 Å². The number of ether oxygens (including phenoxy) is 2. The van der Waals surface area contributed by atoms with Crippen molar-refractivity contribution in [3.63, 3.8) is 0 Å². The van der Waals surface area contributed by atoms with Crippen LogP contribution in [-0.2, 0) is 4.74 Å². The van der Waals surface area contributed by atoms with Crippen LogP contribution in [0.3, 0.4) is 0 Å².